The van der Waals surface area contributed by atoms with Crippen LogP contribution in [0.1, 0.15) is 10.4 Å². The summed E-state index contributed by atoms with van der Waals surface area (Å²) in [5.41, 5.74) is 0.584. The highest BCUT2D eigenvalue weighted by Gasteiger charge is 2.12. The Kier molecular flexibility index (Phi) is 4.47. The van der Waals surface area contributed by atoms with Gasteiger partial charge in [-0.2, -0.15) is 0 Å². The molecule has 2 aromatic rings. The Morgan fingerprint density at radius 1 is 1.00 bits per heavy atom. The van der Waals surface area contributed by atoms with Gasteiger partial charge in [0.1, 0.15) is 17.3 Å². The molecule has 0 atom stereocenters. The van der Waals surface area contributed by atoms with E-state index in [1.54, 1.807) is 0 Å². The Bertz CT molecular complexity index is 648. The van der Waals surface area contributed by atoms with Gasteiger partial charge in [-0.1, -0.05) is 46.4 Å². The Morgan fingerprint density at radius 2 is 1.68 bits per heavy atom. The number of aldehydes is 1. The van der Waals surface area contributed by atoms with Gasteiger partial charge >= 0.3 is 0 Å². The van der Waals surface area contributed by atoms with Gasteiger partial charge in [-0.3, -0.25) is 4.79 Å². The molecule has 0 bridgehead atoms. The van der Waals surface area contributed by atoms with E-state index in [-0.39, 0.29) is 16.5 Å². The molecule has 0 saturated heterocycles. The molecular formula is C11H5Cl4N3O. The quantitative estimate of drug-likeness (QED) is 0.503. The standard InChI is InChI=1S/C11H5Cl4N3O/c12-6-1-8(14)9(2-7(6)13)18-11-5(3-19)10(15)16-4-17-11/h1-4H,(H,16,17,18). The Labute approximate surface area is 128 Å². The number of nitrogens with one attached hydrogen (secondary N) is 1. The summed E-state index contributed by atoms with van der Waals surface area (Å²) in [7, 11) is 0. The fourth-order valence-corrected chi connectivity index (χ4v) is 2.10. The van der Waals surface area contributed by atoms with E-state index in [2.05, 4.69) is 15.3 Å². The molecule has 0 aliphatic carbocycles. The molecule has 0 unspecified atom stereocenters. The fourth-order valence-electron chi connectivity index (χ4n) is 1.32. The Morgan fingerprint density at radius 3 is 2.37 bits per heavy atom. The van der Waals surface area contributed by atoms with E-state index in [1.165, 1.54) is 18.5 Å². The molecule has 1 N–H and O–H groups in total. The topological polar surface area (TPSA) is 54.9 Å². The zero-order valence-electron chi connectivity index (χ0n) is 9.12. The Hall–Kier alpha value is -1.07. The molecule has 1 aromatic heterocycles. The highest BCUT2D eigenvalue weighted by Crippen LogP contribution is 2.34. The third-order valence-corrected chi connectivity index (χ3v) is 3.55. The summed E-state index contributed by atoms with van der Waals surface area (Å²) in [5, 5.41) is 3.89. The minimum atomic E-state index is 0.0451. The van der Waals surface area contributed by atoms with E-state index >= 15 is 0 Å². The highest BCUT2D eigenvalue weighted by atomic mass is 35.5. The summed E-state index contributed by atoms with van der Waals surface area (Å²) in [6.45, 7) is 0. The molecule has 0 fully saturated rings. The number of halogens is 4. The molecule has 0 spiro atoms. The average molecular weight is 337 g/mol. The van der Waals surface area contributed by atoms with E-state index in [9.17, 15) is 4.79 Å². The van der Waals surface area contributed by atoms with E-state index in [4.69, 9.17) is 46.4 Å². The zero-order chi connectivity index (χ0) is 14.0. The van der Waals surface area contributed by atoms with Gasteiger partial charge in [0.25, 0.3) is 0 Å². The molecule has 8 heteroatoms. The van der Waals surface area contributed by atoms with Crippen LogP contribution in [0.2, 0.25) is 20.2 Å². The van der Waals surface area contributed by atoms with Crippen molar-refractivity contribution in [2.75, 3.05) is 5.32 Å². The van der Waals surface area contributed by atoms with Crippen molar-refractivity contribution in [2.45, 2.75) is 0 Å². The van der Waals surface area contributed by atoms with Crippen LogP contribution in [0.15, 0.2) is 18.5 Å². The van der Waals surface area contributed by atoms with Gasteiger partial charge in [-0.05, 0) is 12.1 Å². The number of rotatable bonds is 3. The van der Waals surface area contributed by atoms with Crippen LogP contribution in [-0.4, -0.2) is 16.3 Å². The second-order valence-electron chi connectivity index (χ2n) is 3.42. The van der Waals surface area contributed by atoms with Gasteiger partial charge < -0.3 is 5.32 Å². The summed E-state index contributed by atoms with van der Waals surface area (Å²) >= 11 is 23.5. The smallest absolute Gasteiger partial charge is 0.156 e. The number of benzene rings is 1. The maximum Gasteiger partial charge on any atom is 0.156 e. The monoisotopic (exact) mass is 335 g/mol. The second kappa shape index (κ2) is 5.92. The van der Waals surface area contributed by atoms with Crippen LogP contribution in [-0.2, 0) is 0 Å². The normalized spacial score (nSPS) is 10.3. The van der Waals surface area contributed by atoms with Crippen LogP contribution in [0.3, 0.4) is 0 Å². The molecule has 0 aliphatic heterocycles. The van der Waals surface area contributed by atoms with Crippen LogP contribution in [0.4, 0.5) is 11.5 Å². The molecular weight excluding hydrogens is 332 g/mol. The predicted molar refractivity (Wildman–Crippen MR) is 77.2 cm³/mol. The van der Waals surface area contributed by atoms with E-state index in [1.807, 2.05) is 0 Å². The number of carbonyl (C=O) groups is 1. The van der Waals surface area contributed by atoms with Crippen LogP contribution in [0, 0.1) is 0 Å². The predicted octanol–water partition coefficient (Wildman–Crippen LogP) is 4.65. The first kappa shape index (κ1) is 14.3. The number of aromatic nitrogens is 2. The first-order valence-corrected chi connectivity index (χ1v) is 6.41. The van der Waals surface area contributed by atoms with Crippen molar-refractivity contribution in [2.24, 2.45) is 0 Å². The van der Waals surface area contributed by atoms with Crippen molar-refractivity contribution in [3.8, 4) is 0 Å². The average Bonchev–Trinajstić information content (AvgIpc) is 2.36. The molecule has 2 rings (SSSR count). The number of hydrogen-bond donors (Lipinski definition) is 1. The van der Waals surface area contributed by atoms with Gasteiger partial charge in [-0.15, -0.1) is 0 Å². The van der Waals surface area contributed by atoms with Crippen molar-refractivity contribution in [3.63, 3.8) is 0 Å². The van der Waals surface area contributed by atoms with Gasteiger partial charge in [-0.25, -0.2) is 9.97 Å². The van der Waals surface area contributed by atoms with E-state index in [0.717, 1.165) is 0 Å². The first-order valence-electron chi connectivity index (χ1n) is 4.90. The van der Waals surface area contributed by atoms with Crippen molar-refractivity contribution in [1.82, 2.24) is 9.97 Å². The molecule has 4 nitrogen and oxygen atoms in total. The lowest BCUT2D eigenvalue weighted by atomic mass is 10.3. The lowest BCUT2D eigenvalue weighted by Gasteiger charge is -2.10. The molecule has 0 amide bonds. The maximum atomic E-state index is 11.0. The fraction of sp³-hybridized carbons (Fsp3) is 0. The van der Waals surface area contributed by atoms with Crippen molar-refractivity contribution < 1.29 is 4.79 Å². The van der Waals surface area contributed by atoms with Crippen molar-refractivity contribution in [3.05, 3.63) is 44.2 Å². The van der Waals surface area contributed by atoms with Crippen molar-refractivity contribution >= 4 is 64.2 Å². The summed E-state index contributed by atoms with van der Waals surface area (Å²) in [5.74, 6) is 0.232. The van der Waals surface area contributed by atoms with E-state index in [0.29, 0.717) is 27.0 Å². The molecule has 0 aliphatic rings. The number of nitrogens with zero attached hydrogens (tertiary/aromatic N) is 2. The van der Waals surface area contributed by atoms with Gasteiger partial charge in [0.05, 0.1) is 26.3 Å². The molecule has 0 radical (unpaired) electrons. The van der Waals surface area contributed by atoms with Crippen LogP contribution in [0.5, 0.6) is 0 Å². The number of carbonyl (C=O) groups excluding carboxylic acids is 1. The largest absolute Gasteiger partial charge is 0.338 e. The summed E-state index contributed by atoms with van der Waals surface area (Å²) in [6.07, 6.45) is 1.78. The van der Waals surface area contributed by atoms with Crippen LogP contribution >= 0.6 is 46.4 Å². The Balaban J connectivity index is 2.45. The van der Waals surface area contributed by atoms with Crippen molar-refractivity contribution in [1.29, 1.82) is 0 Å². The molecule has 1 aromatic carbocycles. The molecule has 1 heterocycles. The minimum absolute atomic E-state index is 0.0451. The molecule has 98 valence electrons. The van der Waals surface area contributed by atoms with Gasteiger partial charge in [0, 0.05) is 0 Å². The summed E-state index contributed by atoms with van der Waals surface area (Å²) in [4.78, 5) is 18.6. The number of anilines is 2. The molecule has 19 heavy (non-hydrogen) atoms. The first-order chi connectivity index (χ1) is 9.02. The lowest BCUT2D eigenvalue weighted by Crippen LogP contribution is -2.01. The SMILES string of the molecule is O=Cc1c(Cl)ncnc1Nc1cc(Cl)c(Cl)cc1Cl. The second-order valence-corrected chi connectivity index (χ2v) is 5.00. The van der Waals surface area contributed by atoms with E-state index < -0.39 is 0 Å². The summed E-state index contributed by atoms with van der Waals surface area (Å²) < 4.78 is 0. The summed E-state index contributed by atoms with van der Waals surface area (Å²) in [6, 6.07) is 3.01. The number of hydrogen-bond acceptors (Lipinski definition) is 4. The minimum Gasteiger partial charge on any atom is -0.338 e. The lowest BCUT2D eigenvalue weighted by molar-refractivity contribution is 0.112. The van der Waals surface area contributed by atoms with Gasteiger partial charge in [0.2, 0.25) is 0 Å². The zero-order valence-corrected chi connectivity index (χ0v) is 12.1. The molecule has 0 saturated carbocycles. The third kappa shape index (κ3) is 3.09. The van der Waals surface area contributed by atoms with Crippen LogP contribution < -0.4 is 5.32 Å². The third-order valence-electron chi connectivity index (χ3n) is 2.22. The maximum absolute atomic E-state index is 11.0. The highest BCUT2D eigenvalue weighted by molar-refractivity contribution is 6.44. The van der Waals surface area contributed by atoms with Crippen LogP contribution in [0.25, 0.3) is 0 Å². The van der Waals surface area contributed by atoms with Gasteiger partial charge in [0.15, 0.2) is 6.29 Å².